The summed E-state index contributed by atoms with van der Waals surface area (Å²) in [4.78, 5) is 0. The maximum Gasteiger partial charge on any atom is 0.188 e. The molecule has 16 heavy (non-hydrogen) atoms. The lowest BCUT2D eigenvalue weighted by molar-refractivity contribution is -0.243. The Bertz CT molecular complexity index is 279. The number of ether oxygens (including phenoxy) is 3. The molecule has 0 aromatic carbocycles. The number of hydrogen-bond donors (Lipinski definition) is 0. The minimum atomic E-state index is -0.514. The number of fused-ring (bicyclic) bond motifs is 1. The largest absolute Gasteiger partial charge is 0.343 e. The fraction of sp³-hybridized carbons (Fsp3) is 1.00. The van der Waals surface area contributed by atoms with Crippen LogP contribution in [0.3, 0.4) is 0 Å². The molecule has 2 saturated heterocycles. The van der Waals surface area contributed by atoms with Crippen LogP contribution in [-0.4, -0.2) is 23.8 Å². The highest BCUT2D eigenvalue weighted by Gasteiger charge is 2.64. The van der Waals surface area contributed by atoms with Gasteiger partial charge in [-0.2, -0.15) is 0 Å². The Labute approximate surface area is 98.4 Å². The summed E-state index contributed by atoms with van der Waals surface area (Å²) in [6.07, 6.45) is 1.83. The molecule has 0 aromatic heterocycles. The first-order valence-electron chi connectivity index (χ1n) is 6.31. The SMILES string of the molecule is CCC1(CC)O[C@@H]2OC(C)(C)O[C@@H]2C1(C)C. The van der Waals surface area contributed by atoms with E-state index in [2.05, 4.69) is 27.7 Å². The van der Waals surface area contributed by atoms with Gasteiger partial charge in [-0.1, -0.05) is 27.7 Å². The highest BCUT2D eigenvalue weighted by atomic mass is 16.8. The fourth-order valence-electron chi connectivity index (χ4n) is 3.27. The molecule has 0 aliphatic carbocycles. The second kappa shape index (κ2) is 3.44. The van der Waals surface area contributed by atoms with Gasteiger partial charge in [-0.25, -0.2) is 0 Å². The Balaban J connectivity index is 2.29. The Morgan fingerprint density at radius 3 is 1.88 bits per heavy atom. The molecule has 0 unspecified atom stereocenters. The van der Waals surface area contributed by atoms with Crippen molar-refractivity contribution in [2.75, 3.05) is 0 Å². The Morgan fingerprint density at radius 1 is 0.875 bits per heavy atom. The smallest absolute Gasteiger partial charge is 0.188 e. The van der Waals surface area contributed by atoms with Crippen LogP contribution >= 0.6 is 0 Å². The third-order valence-electron chi connectivity index (χ3n) is 4.43. The van der Waals surface area contributed by atoms with Crippen LogP contribution in [0.25, 0.3) is 0 Å². The average molecular weight is 228 g/mol. The Kier molecular flexibility index (Phi) is 2.65. The van der Waals surface area contributed by atoms with Crippen LogP contribution in [0.4, 0.5) is 0 Å². The van der Waals surface area contributed by atoms with E-state index in [0.29, 0.717) is 0 Å². The molecule has 0 N–H and O–H groups in total. The van der Waals surface area contributed by atoms with E-state index in [1.807, 2.05) is 13.8 Å². The number of rotatable bonds is 2. The zero-order valence-electron chi connectivity index (χ0n) is 11.3. The molecule has 2 atom stereocenters. The van der Waals surface area contributed by atoms with Crippen molar-refractivity contribution < 1.29 is 14.2 Å². The number of hydrogen-bond acceptors (Lipinski definition) is 3. The average Bonchev–Trinajstić information content (AvgIpc) is 2.58. The van der Waals surface area contributed by atoms with Crippen molar-refractivity contribution in [2.24, 2.45) is 5.41 Å². The van der Waals surface area contributed by atoms with Crippen molar-refractivity contribution in [3.05, 3.63) is 0 Å². The van der Waals surface area contributed by atoms with Crippen molar-refractivity contribution in [1.82, 2.24) is 0 Å². The maximum atomic E-state index is 6.17. The van der Waals surface area contributed by atoms with E-state index in [1.165, 1.54) is 0 Å². The van der Waals surface area contributed by atoms with Gasteiger partial charge in [-0.05, 0) is 26.7 Å². The molecule has 0 saturated carbocycles. The summed E-state index contributed by atoms with van der Waals surface area (Å²) in [5.74, 6) is -0.514. The zero-order valence-corrected chi connectivity index (χ0v) is 11.3. The highest BCUT2D eigenvalue weighted by Crippen LogP contribution is 2.55. The normalized spacial score (nSPS) is 38.6. The first kappa shape index (κ1) is 12.3. The van der Waals surface area contributed by atoms with Gasteiger partial charge < -0.3 is 14.2 Å². The third-order valence-corrected chi connectivity index (χ3v) is 4.43. The van der Waals surface area contributed by atoms with E-state index in [-0.39, 0.29) is 23.4 Å². The molecule has 2 heterocycles. The zero-order chi connectivity index (χ0) is 12.2. The van der Waals surface area contributed by atoms with Gasteiger partial charge in [0.2, 0.25) is 0 Å². The van der Waals surface area contributed by atoms with E-state index in [9.17, 15) is 0 Å². The molecule has 3 nitrogen and oxygen atoms in total. The van der Waals surface area contributed by atoms with Crippen molar-refractivity contribution in [2.45, 2.75) is 78.2 Å². The predicted molar refractivity (Wildman–Crippen MR) is 62.0 cm³/mol. The quantitative estimate of drug-likeness (QED) is 0.727. The van der Waals surface area contributed by atoms with Gasteiger partial charge in [0, 0.05) is 5.41 Å². The van der Waals surface area contributed by atoms with E-state index < -0.39 is 5.79 Å². The van der Waals surface area contributed by atoms with Crippen LogP contribution in [0.2, 0.25) is 0 Å². The minimum Gasteiger partial charge on any atom is -0.343 e. The fourth-order valence-corrected chi connectivity index (χ4v) is 3.27. The van der Waals surface area contributed by atoms with Gasteiger partial charge in [0.1, 0.15) is 6.10 Å². The lowest BCUT2D eigenvalue weighted by Crippen LogP contribution is -2.46. The standard InChI is InChI=1S/C13H24O3/c1-7-13(8-2)11(3,4)9-10(16-13)15-12(5,6)14-9/h9-10H,7-8H2,1-6H3/t9-,10-/m0/s1. The van der Waals surface area contributed by atoms with Crippen molar-refractivity contribution in [1.29, 1.82) is 0 Å². The molecule has 2 rings (SSSR count). The summed E-state index contributed by atoms with van der Waals surface area (Å²) in [5, 5.41) is 0. The first-order chi connectivity index (χ1) is 7.28. The molecule has 0 aromatic rings. The van der Waals surface area contributed by atoms with Gasteiger partial charge >= 0.3 is 0 Å². The lowest BCUT2D eigenvalue weighted by Gasteiger charge is -2.41. The van der Waals surface area contributed by atoms with Crippen molar-refractivity contribution in [3.63, 3.8) is 0 Å². The minimum absolute atomic E-state index is 0.00502. The monoisotopic (exact) mass is 228 g/mol. The van der Waals surface area contributed by atoms with Gasteiger partial charge in [0.15, 0.2) is 12.1 Å². The summed E-state index contributed by atoms with van der Waals surface area (Å²) < 4.78 is 18.0. The van der Waals surface area contributed by atoms with Crippen LogP contribution in [0.1, 0.15) is 54.4 Å². The molecule has 2 fully saturated rings. The van der Waals surface area contributed by atoms with Crippen LogP contribution in [0, 0.1) is 5.41 Å². The molecular formula is C13H24O3. The molecule has 94 valence electrons. The van der Waals surface area contributed by atoms with Crippen LogP contribution in [-0.2, 0) is 14.2 Å². The molecule has 0 radical (unpaired) electrons. The van der Waals surface area contributed by atoms with E-state index in [1.54, 1.807) is 0 Å². The van der Waals surface area contributed by atoms with Crippen molar-refractivity contribution >= 4 is 0 Å². The Morgan fingerprint density at radius 2 is 1.44 bits per heavy atom. The van der Waals surface area contributed by atoms with Crippen LogP contribution in [0.5, 0.6) is 0 Å². The molecule has 0 bridgehead atoms. The summed E-state index contributed by atoms with van der Waals surface area (Å²) in [7, 11) is 0. The molecule has 3 heteroatoms. The maximum absolute atomic E-state index is 6.17. The van der Waals surface area contributed by atoms with Crippen LogP contribution < -0.4 is 0 Å². The molecule has 0 amide bonds. The summed E-state index contributed by atoms with van der Waals surface area (Å²) in [5.41, 5.74) is -0.117. The van der Waals surface area contributed by atoms with Crippen molar-refractivity contribution in [3.8, 4) is 0 Å². The van der Waals surface area contributed by atoms with Gasteiger partial charge in [0.25, 0.3) is 0 Å². The first-order valence-corrected chi connectivity index (χ1v) is 6.31. The molecule has 0 spiro atoms. The van der Waals surface area contributed by atoms with E-state index >= 15 is 0 Å². The third kappa shape index (κ3) is 1.45. The second-order valence-corrected chi connectivity index (χ2v) is 5.97. The summed E-state index contributed by atoms with van der Waals surface area (Å²) in [6.45, 7) is 12.7. The highest BCUT2D eigenvalue weighted by molar-refractivity contribution is 5.07. The second-order valence-electron chi connectivity index (χ2n) is 5.97. The van der Waals surface area contributed by atoms with E-state index in [4.69, 9.17) is 14.2 Å². The van der Waals surface area contributed by atoms with Gasteiger partial charge in [0.05, 0.1) is 5.60 Å². The van der Waals surface area contributed by atoms with Gasteiger partial charge in [-0.3, -0.25) is 0 Å². The molecule has 2 aliphatic rings. The predicted octanol–water partition coefficient (Wildman–Crippen LogP) is 3.08. The van der Waals surface area contributed by atoms with Gasteiger partial charge in [-0.15, -0.1) is 0 Å². The Hall–Kier alpha value is -0.120. The van der Waals surface area contributed by atoms with Crippen LogP contribution in [0.15, 0.2) is 0 Å². The summed E-state index contributed by atoms with van der Waals surface area (Å²) in [6, 6.07) is 0. The molecular weight excluding hydrogens is 204 g/mol. The molecule has 2 aliphatic heterocycles. The summed E-state index contributed by atoms with van der Waals surface area (Å²) >= 11 is 0. The van der Waals surface area contributed by atoms with E-state index in [0.717, 1.165) is 12.8 Å². The topological polar surface area (TPSA) is 27.7 Å². The lowest BCUT2D eigenvalue weighted by atomic mass is 9.70.